The van der Waals surface area contributed by atoms with Crippen molar-refractivity contribution in [1.29, 1.82) is 0 Å². The Morgan fingerprint density at radius 3 is 2.75 bits per heavy atom. The molecule has 1 aromatic carbocycles. The Kier molecular flexibility index (Phi) is 5.38. The minimum Gasteiger partial charge on any atom is -0.495 e. The second-order valence-corrected chi connectivity index (χ2v) is 5.15. The second kappa shape index (κ2) is 7.26. The zero-order valence-corrected chi connectivity index (χ0v) is 11.8. The molecule has 0 saturated carbocycles. The van der Waals surface area contributed by atoms with Gasteiger partial charge in [-0.3, -0.25) is 9.69 Å². The fraction of sp³-hybridized carbons (Fsp3) is 0.533. The van der Waals surface area contributed by atoms with Gasteiger partial charge in [-0.05, 0) is 44.0 Å². The first-order valence-corrected chi connectivity index (χ1v) is 6.99. The quantitative estimate of drug-likeness (QED) is 0.853. The summed E-state index contributed by atoms with van der Waals surface area (Å²) in [5, 5.41) is 12.0. The van der Waals surface area contributed by atoms with Gasteiger partial charge in [0.2, 0.25) is 5.91 Å². The smallest absolute Gasteiger partial charge is 0.238 e. The lowest BCUT2D eigenvalue weighted by Gasteiger charge is -2.30. The van der Waals surface area contributed by atoms with Gasteiger partial charge in [-0.2, -0.15) is 0 Å². The molecular weight excluding hydrogens is 256 g/mol. The Labute approximate surface area is 119 Å². The molecule has 1 saturated heterocycles. The van der Waals surface area contributed by atoms with Crippen LogP contribution in [-0.4, -0.2) is 49.3 Å². The third-order valence-electron chi connectivity index (χ3n) is 3.71. The molecule has 0 atom stereocenters. The van der Waals surface area contributed by atoms with E-state index in [9.17, 15) is 4.79 Å². The number of methoxy groups -OCH3 is 1. The molecule has 110 valence electrons. The highest BCUT2D eigenvalue weighted by atomic mass is 16.5. The Hall–Kier alpha value is -1.59. The van der Waals surface area contributed by atoms with Crippen molar-refractivity contribution in [2.45, 2.75) is 12.8 Å². The number of aliphatic hydroxyl groups is 1. The van der Waals surface area contributed by atoms with Crippen LogP contribution in [0.3, 0.4) is 0 Å². The Balaban J connectivity index is 1.84. The van der Waals surface area contributed by atoms with Crippen LogP contribution in [0.1, 0.15) is 12.8 Å². The molecule has 0 radical (unpaired) electrons. The molecule has 1 aliphatic rings. The van der Waals surface area contributed by atoms with Crippen molar-refractivity contribution in [2.24, 2.45) is 5.92 Å². The van der Waals surface area contributed by atoms with Crippen LogP contribution in [0.5, 0.6) is 5.75 Å². The summed E-state index contributed by atoms with van der Waals surface area (Å²) in [6, 6.07) is 7.39. The molecule has 1 amide bonds. The number of hydrogen-bond donors (Lipinski definition) is 2. The first kappa shape index (κ1) is 14.8. The summed E-state index contributed by atoms with van der Waals surface area (Å²) in [5.74, 6) is 1.03. The number of benzene rings is 1. The number of nitrogens with one attached hydrogen (secondary N) is 1. The monoisotopic (exact) mass is 278 g/mol. The maximum atomic E-state index is 12.0. The van der Waals surface area contributed by atoms with E-state index in [0.29, 0.717) is 23.9 Å². The van der Waals surface area contributed by atoms with E-state index in [2.05, 4.69) is 10.2 Å². The van der Waals surface area contributed by atoms with Crippen molar-refractivity contribution in [1.82, 2.24) is 4.90 Å². The predicted octanol–water partition coefficient (Wildman–Crippen LogP) is 1.34. The summed E-state index contributed by atoms with van der Waals surface area (Å²) in [5.41, 5.74) is 0.699. The van der Waals surface area contributed by atoms with Crippen LogP contribution >= 0.6 is 0 Å². The predicted molar refractivity (Wildman–Crippen MR) is 77.9 cm³/mol. The number of amides is 1. The maximum absolute atomic E-state index is 12.0. The zero-order valence-electron chi connectivity index (χ0n) is 11.8. The number of nitrogens with zero attached hydrogens (tertiary/aromatic N) is 1. The summed E-state index contributed by atoms with van der Waals surface area (Å²) in [4.78, 5) is 14.2. The fourth-order valence-electron chi connectivity index (χ4n) is 2.47. The number of hydrogen-bond acceptors (Lipinski definition) is 4. The van der Waals surface area contributed by atoms with Crippen LogP contribution in [0.4, 0.5) is 5.69 Å². The molecule has 1 heterocycles. The van der Waals surface area contributed by atoms with E-state index in [0.717, 1.165) is 25.9 Å². The third-order valence-corrected chi connectivity index (χ3v) is 3.71. The van der Waals surface area contributed by atoms with Gasteiger partial charge in [0.1, 0.15) is 5.75 Å². The molecule has 0 spiro atoms. The highest BCUT2D eigenvalue weighted by Crippen LogP contribution is 2.23. The van der Waals surface area contributed by atoms with Crippen LogP contribution in [-0.2, 0) is 4.79 Å². The van der Waals surface area contributed by atoms with E-state index in [-0.39, 0.29) is 12.5 Å². The van der Waals surface area contributed by atoms with E-state index >= 15 is 0 Å². The Morgan fingerprint density at radius 1 is 1.40 bits per heavy atom. The Bertz CT molecular complexity index is 442. The molecule has 0 unspecified atom stereocenters. The van der Waals surface area contributed by atoms with Crippen molar-refractivity contribution in [3.8, 4) is 5.75 Å². The average molecular weight is 278 g/mol. The molecule has 1 fully saturated rings. The molecule has 2 rings (SSSR count). The topological polar surface area (TPSA) is 61.8 Å². The summed E-state index contributed by atoms with van der Waals surface area (Å²) in [7, 11) is 1.59. The van der Waals surface area contributed by atoms with Gasteiger partial charge in [0, 0.05) is 6.61 Å². The van der Waals surface area contributed by atoms with Crippen LogP contribution in [0.15, 0.2) is 24.3 Å². The lowest BCUT2D eigenvalue weighted by Crippen LogP contribution is -2.39. The maximum Gasteiger partial charge on any atom is 0.238 e. The lowest BCUT2D eigenvalue weighted by atomic mass is 9.98. The van der Waals surface area contributed by atoms with E-state index in [4.69, 9.17) is 9.84 Å². The van der Waals surface area contributed by atoms with Crippen LogP contribution < -0.4 is 10.1 Å². The number of piperidine rings is 1. The number of carbonyl (C=O) groups is 1. The van der Waals surface area contributed by atoms with E-state index in [1.807, 2.05) is 24.3 Å². The molecule has 1 aliphatic heterocycles. The summed E-state index contributed by atoms with van der Waals surface area (Å²) >= 11 is 0. The minimum absolute atomic E-state index is 0.0306. The summed E-state index contributed by atoms with van der Waals surface area (Å²) in [6.45, 7) is 2.37. The van der Waals surface area contributed by atoms with Gasteiger partial charge >= 0.3 is 0 Å². The van der Waals surface area contributed by atoms with E-state index in [1.165, 1.54) is 0 Å². The molecule has 5 nitrogen and oxygen atoms in total. The zero-order chi connectivity index (χ0) is 14.4. The van der Waals surface area contributed by atoms with Gasteiger partial charge in [0.15, 0.2) is 0 Å². The number of para-hydroxylation sites is 2. The summed E-state index contributed by atoms with van der Waals surface area (Å²) < 4.78 is 5.21. The van der Waals surface area contributed by atoms with Gasteiger partial charge in [-0.1, -0.05) is 12.1 Å². The van der Waals surface area contributed by atoms with E-state index in [1.54, 1.807) is 7.11 Å². The van der Waals surface area contributed by atoms with Crippen molar-refractivity contribution >= 4 is 11.6 Å². The third kappa shape index (κ3) is 3.95. The van der Waals surface area contributed by atoms with Gasteiger partial charge < -0.3 is 15.2 Å². The lowest BCUT2D eigenvalue weighted by molar-refractivity contribution is -0.117. The number of carbonyl (C=O) groups excluding carboxylic acids is 1. The normalized spacial score (nSPS) is 16.9. The highest BCUT2D eigenvalue weighted by Gasteiger charge is 2.20. The molecular formula is C15H22N2O3. The van der Waals surface area contributed by atoms with Gasteiger partial charge in [0.05, 0.1) is 19.3 Å². The molecule has 20 heavy (non-hydrogen) atoms. The highest BCUT2D eigenvalue weighted by molar-refractivity contribution is 5.93. The minimum atomic E-state index is -0.0306. The fourth-order valence-corrected chi connectivity index (χ4v) is 2.47. The van der Waals surface area contributed by atoms with E-state index < -0.39 is 0 Å². The summed E-state index contributed by atoms with van der Waals surface area (Å²) in [6.07, 6.45) is 1.91. The van der Waals surface area contributed by atoms with Gasteiger partial charge in [-0.15, -0.1) is 0 Å². The molecule has 0 aliphatic carbocycles. The van der Waals surface area contributed by atoms with Crippen molar-refractivity contribution in [2.75, 3.05) is 38.7 Å². The number of likely N-dealkylation sites (tertiary alicyclic amines) is 1. The van der Waals surface area contributed by atoms with Crippen molar-refractivity contribution in [3.05, 3.63) is 24.3 Å². The molecule has 0 aromatic heterocycles. The standard InChI is InChI=1S/C15H22N2O3/c1-20-14-5-3-2-4-13(14)16-15(19)10-17-8-6-12(11-18)7-9-17/h2-5,12,18H,6-11H2,1H3,(H,16,19). The second-order valence-electron chi connectivity index (χ2n) is 5.15. The largest absolute Gasteiger partial charge is 0.495 e. The van der Waals surface area contributed by atoms with Crippen LogP contribution in [0, 0.1) is 5.92 Å². The molecule has 2 N–H and O–H groups in total. The molecule has 0 bridgehead atoms. The SMILES string of the molecule is COc1ccccc1NC(=O)CN1CCC(CO)CC1. The molecule has 5 heteroatoms. The first-order valence-electron chi connectivity index (χ1n) is 6.99. The van der Waals surface area contributed by atoms with Crippen LogP contribution in [0.2, 0.25) is 0 Å². The van der Waals surface area contributed by atoms with Crippen molar-refractivity contribution < 1.29 is 14.6 Å². The van der Waals surface area contributed by atoms with Crippen LogP contribution in [0.25, 0.3) is 0 Å². The molecule has 1 aromatic rings. The van der Waals surface area contributed by atoms with Gasteiger partial charge in [-0.25, -0.2) is 0 Å². The average Bonchev–Trinajstić information content (AvgIpc) is 2.48. The number of aliphatic hydroxyl groups excluding tert-OH is 1. The number of anilines is 1. The van der Waals surface area contributed by atoms with Gasteiger partial charge in [0.25, 0.3) is 0 Å². The number of ether oxygens (including phenoxy) is 1. The van der Waals surface area contributed by atoms with Crippen molar-refractivity contribution in [3.63, 3.8) is 0 Å². The first-order chi connectivity index (χ1) is 9.72. The number of rotatable bonds is 5. The Morgan fingerprint density at radius 2 is 2.10 bits per heavy atom.